The number of carboxylic acid groups (broad SMARTS) is 1. The van der Waals surface area contributed by atoms with Gasteiger partial charge in [-0.2, -0.15) is 0 Å². The maximum absolute atomic E-state index is 12.5. The van der Waals surface area contributed by atoms with Crippen LogP contribution in [0.2, 0.25) is 0 Å². The third kappa shape index (κ3) is 3.61. The quantitative estimate of drug-likeness (QED) is 0.887. The Morgan fingerprint density at radius 2 is 2.00 bits per heavy atom. The summed E-state index contributed by atoms with van der Waals surface area (Å²) in [5.74, 6) is -1.12. The van der Waals surface area contributed by atoms with Gasteiger partial charge in [-0.05, 0) is 31.5 Å². The molecule has 1 aliphatic rings. The summed E-state index contributed by atoms with van der Waals surface area (Å²) in [4.78, 5) is 38.4. The Labute approximate surface area is 134 Å². The Bertz CT molecular complexity index is 644. The molecule has 0 aliphatic carbocycles. The molecule has 7 heteroatoms. The molecule has 1 aromatic rings. The number of hydrogen-bond acceptors (Lipinski definition) is 3. The van der Waals surface area contributed by atoms with Crippen molar-refractivity contribution in [2.24, 2.45) is 5.41 Å². The number of carbonyl (C=O) groups is 3. The lowest BCUT2D eigenvalue weighted by Gasteiger charge is -2.20. The fourth-order valence-electron chi connectivity index (χ4n) is 2.46. The fourth-order valence-corrected chi connectivity index (χ4v) is 2.46. The predicted molar refractivity (Wildman–Crippen MR) is 85.4 cm³/mol. The molecule has 7 nitrogen and oxygen atoms in total. The average Bonchev–Trinajstić information content (AvgIpc) is 2.90. The summed E-state index contributed by atoms with van der Waals surface area (Å²) in [6.45, 7) is 2.25. The van der Waals surface area contributed by atoms with E-state index in [4.69, 9.17) is 0 Å². The van der Waals surface area contributed by atoms with Crippen LogP contribution in [0.1, 0.15) is 23.7 Å². The van der Waals surface area contributed by atoms with Crippen LogP contribution < -0.4 is 5.32 Å². The van der Waals surface area contributed by atoms with Gasteiger partial charge in [0.25, 0.3) is 5.91 Å². The highest BCUT2D eigenvalue weighted by atomic mass is 16.4. The summed E-state index contributed by atoms with van der Waals surface area (Å²) in [6.07, 6.45) is 0.436. The zero-order valence-electron chi connectivity index (χ0n) is 13.5. The van der Waals surface area contributed by atoms with Gasteiger partial charge in [0.15, 0.2) is 0 Å². The number of likely N-dealkylation sites (tertiary alicyclic amines) is 1. The van der Waals surface area contributed by atoms with Gasteiger partial charge < -0.3 is 20.2 Å². The van der Waals surface area contributed by atoms with Crippen LogP contribution in [0.5, 0.6) is 0 Å². The monoisotopic (exact) mass is 319 g/mol. The maximum atomic E-state index is 12.5. The molecule has 1 heterocycles. The number of aliphatic carboxylic acids is 1. The van der Waals surface area contributed by atoms with Gasteiger partial charge in [0.05, 0.1) is 5.41 Å². The van der Waals surface area contributed by atoms with Crippen LogP contribution in [-0.2, 0) is 4.79 Å². The van der Waals surface area contributed by atoms with Crippen LogP contribution >= 0.6 is 0 Å². The van der Waals surface area contributed by atoms with Crippen LogP contribution in [0, 0.1) is 5.41 Å². The first kappa shape index (κ1) is 16.8. The molecule has 3 amide bonds. The molecule has 0 aromatic heterocycles. The Morgan fingerprint density at radius 3 is 2.57 bits per heavy atom. The lowest BCUT2D eigenvalue weighted by atomic mass is 9.90. The lowest BCUT2D eigenvalue weighted by molar-refractivity contribution is -0.147. The maximum Gasteiger partial charge on any atom is 0.321 e. The molecular weight excluding hydrogens is 298 g/mol. The Kier molecular flexibility index (Phi) is 4.58. The minimum atomic E-state index is -0.896. The average molecular weight is 319 g/mol. The van der Waals surface area contributed by atoms with E-state index in [1.54, 1.807) is 50.2 Å². The van der Waals surface area contributed by atoms with E-state index in [1.807, 2.05) is 0 Å². The highest BCUT2D eigenvalue weighted by molar-refractivity contribution is 5.97. The van der Waals surface area contributed by atoms with Gasteiger partial charge in [-0.15, -0.1) is 0 Å². The molecule has 23 heavy (non-hydrogen) atoms. The topological polar surface area (TPSA) is 90.0 Å². The second-order valence-corrected chi connectivity index (χ2v) is 6.25. The molecule has 0 spiro atoms. The Hall–Kier alpha value is -2.57. The van der Waals surface area contributed by atoms with Gasteiger partial charge in [-0.1, -0.05) is 6.07 Å². The summed E-state index contributed by atoms with van der Waals surface area (Å²) in [6, 6.07) is 6.35. The first-order chi connectivity index (χ1) is 10.7. The molecule has 1 fully saturated rings. The van der Waals surface area contributed by atoms with Crippen LogP contribution in [-0.4, -0.2) is 60.0 Å². The molecule has 1 atom stereocenters. The molecule has 2 N–H and O–H groups in total. The summed E-state index contributed by atoms with van der Waals surface area (Å²) in [7, 11) is 3.25. The van der Waals surface area contributed by atoms with Crippen LogP contribution in [0.15, 0.2) is 24.3 Å². The molecule has 0 radical (unpaired) electrons. The Morgan fingerprint density at radius 1 is 1.30 bits per heavy atom. The molecule has 1 aliphatic heterocycles. The fraction of sp³-hybridized carbons (Fsp3) is 0.438. The minimum absolute atomic E-state index is 0.190. The Balaban J connectivity index is 2.12. The van der Waals surface area contributed by atoms with E-state index in [9.17, 15) is 19.5 Å². The SMILES string of the molecule is CN(C)C(=O)Nc1cccc(C(=O)N2CCC(C)(C(=O)O)C2)c1. The molecule has 2 rings (SSSR count). The third-order valence-corrected chi connectivity index (χ3v) is 4.04. The first-order valence-electron chi connectivity index (χ1n) is 7.34. The molecular formula is C16H21N3O4. The number of nitrogens with zero attached hydrogens (tertiary/aromatic N) is 2. The number of nitrogens with one attached hydrogen (secondary N) is 1. The normalized spacial score (nSPS) is 20.2. The standard InChI is InChI=1S/C16H21N3O4/c1-16(14(21)22)7-8-19(10-16)13(20)11-5-4-6-12(9-11)17-15(23)18(2)3/h4-6,9H,7-8,10H2,1-3H3,(H,17,23)(H,21,22). The number of anilines is 1. The zero-order valence-corrected chi connectivity index (χ0v) is 13.5. The van der Waals surface area contributed by atoms with Gasteiger partial charge in [0.2, 0.25) is 0 Å². The highest BCUT2D eigenvalue weighted by Gasteiger charge is 2.42. The number of benzene rings is 1. The number of amides is 3. The van der Waals surface area contributed by atoms with Gasteiger partial charge >= 0.3 is 12.0 Å². The van der Waals surface area contributed by atoms with E-state index < -0.39 is 11.4 Å². The van der Waals surface area contributed by atoms with Crippen molar-refractivity contribution >= 4 is 23.6 Å². The van der Waals surface area contributed by atoms with Crippen molar-refractivity contribution in [1.82, 2.24) is 9.80 Å². The largest absolute Gasteiger partial charge is 0.481 e. The van der Waals surface area contributed by atoms with Crippen LogP contribution in [0.4, 0.5) is 10.5 Å². The van der Waals surface area contributed by atoms with Crippen LogP contribution in [0.25, 0.3) is 0 Å². The lowest BCUT2D eigenvalue weighted by Crippen LogP contribution is -2.35. The molecule has 1 aromatic carbocycles. The summed E-state index contributed by atoms with van der Waals surface area (Å²) in [5.41, 5.74) is 0.0535. The van der Waals surface area contributed by atoms with Crippen molar-refractivity contribution in [3.8, 4) is 0 Å². The molecule has 1 saturated heterocycles. The van der Waals surface area contributed by atoms with Crippen molar-refractivity contribution in [2.45, 2.75) is 13.3 Å². The first-order valence-corrected chi connectivity index (χ1v) is 7.34. The van der Waals surface area contributed by atoms with Crippen molar-refractivity contribution in [2.75, 3.05) is 32.5 Å². The summed E-state index contributed by atoms with van der Waals surface area (Å²) < 4.78 is 0. The van der Waals surface area contributed by atoms with Crippen LogP contribution in [0.3, 0.4) is 0 Å². The van der Waals surface area contributed by atoms with Crippen molar-refractivity contribution in [3.05, 3.63) is 29.8 Å². The van der Waals surface area contributed by atoms with E-state index in [0.29, 0.717) is 24.2 Å². The van der Waals surface area contributed by atoms with E-state index in [-0.39, 0.29) is 18.5 Å². The van der Waals surface area contributed by atoms with E-state index in [1.165, 1.54) is 4.90 Å². The van der Waals surface area contributed by atoms with Crippen molar-refractivity contribution < 1.29 is 19.5 Å². The van der Waals surface area contributed by atoms with E-state index >= 15 is 0 Å². The third-order valence-electron chi connectivity index (χ3n) is 4.04. The molecule has 124 valence electrons. The number of rotatable bonds is 3. The van der Waals surface area contributed by atoms with Gasteiger partial charge in [-0.25, -0.2) is 4.79 Å². The smallest absolute Gasteiger partial charge is 0.321 e. The minimum Gasteiger partial charge on any atom is -0.481 e. The number of hydrogen-bond donors (Lipinski definition) is 2. The van der Waals surface area contributed by atoms with E-state index in [2.05, 4.69) is 5.32 Å². The number of urea groups is 1. The van der Waals surface area contributed by atoms with E-state index in [0.717, 1.165) is 0 Å². The summed E-state index contributed by atoms with van der Waals surface area (Å²) in [5, 5.41) is 11.9. The summed E-state index contributed by atoms with van der Waals surface area (Å²) >= 11 is 0. The number of carboxylic acids is 1. The second-order valence-electron chi connectivity index (χ2n) is 6.25. The predicted octanol–water partition coefficient (Wildman–Crippen LogP) is 1.72. The molecule has 0 saturated carbocycles. The van der Waals surface area contributed by atoms with Crippen molar-refractivity contribution in [1.29, 1.82) is 0 Å². The van der Waals surface area contributed by atoms with Gasteiger partial charge in [-0.3, -0.25) is 9.59 Å². The highest BCUT2D eigenvalue weighted by Crippen LogP contribution is 2.31. The number of carbonyl (C=O) groups excluding carboxylic acids is 2. The molecule has 1 unspecified atom stereocenters. The molecule has 0 bridgehead atoms. The second kappa shape index (κ2) is 6.28. The van der Waals surface area contributed by atoms with Gasteiger partial charge in [0, 0.05) is 38.4 Å². The van der Waals surface area contributed by atoms with Crippen molar-refractivity contribution in [3.63, 3.8) is 0 Å². The zero-order chi connectivity index (χ0) is 17.2. The van der Waals surface area contributed by atoms with Gasteiger partial charge in [0.1, 0.15) is 0 Å².